The van der Waals surface area contributed by atoms with E-state index in [-0.39, 0.29) is 11.7 Å². The molecule has 0 bridgehead atoms. The summed E-state index contributed by atoms with van der Waals surface area (Å²) in [5, 5.41) is 3.74. The number of carbonyl (C=O) groups is 1. The molecule has 0 N–H and O–H groups in total. The lowest BCUT2D eigenvalue weighted by atomic mass is 10.1. The number of halogens is 2. The van der Waals surface area contributed by atoms with Crippen molar-refractivity contribution in [2.45, 2.75) is 20.1 Å². The number of aromatic nitrogens is 2. The zero-order valence-electron chi connectivity index (χ0n) is 14.7. The third-order valence-corrected chi connectivity index (χ3v) is 3.82. The van der Waals surface area contributed by atoms with Gasteiger partial charge in [-0.1, -0.05) is 17.3 Å². The topological polar surface area (TPSA) is 68.5 Å². The highest BCUT2D eigenvalue weighted by molar-refractivity contribution is 5.94. The molecule has 1 heterocycles. The van der Waals surface area contributed by atoms with Gasteiger partial charge in [-0.15, -0.1) is 0 Å². The second kappa shape index (κ2) is 7.94. The van der Waals surface area contributed by atoms with Crippen LogP contribution in [-0.2, 0) is 6.54 Å². The van der Waals surface area contributed by atoms with Gasteiger partial charge >= 0.3 is 6.61 Å². The van der Waals surface area contributed by atoms with Crippen LogP contribution in [0.3, 0.4) is 0 Å². The maximum Gasteiger partial charge on any atom is 0.387 e. The molecule has 1 amide bonds. The van der Waals surface area contributed by atoms with Crippen LogP contribution >= 0.6 is 0 Å². The minimum Gasteiger partial charge on any atom is -0.435 e. The van der Waals surface area contributed by atoms with Crippen LogP contribution in [0.2, 0.25) is 0 Å². The Labute approximate surface area is 154 Å². The van der Waals surface area contributed by atoms with Crippen LogP contribution in [-0.4, -0.2) is 34.6 Å². The summed E-state index contributed by atoms with van der Waals surface area (Å²) in [5.41, 5.74) is 2.03. The Balaban J connectivity index is 1.64. The van der Waals surface area contributed by atoms with Crippen molar-refractivity contribution < 1.29 is 22.8 Å². The third-order valence-electron chi connectivity index (χ3n) is 3.82. The molecule has 0 fully saturated rings. The number of hydrogen-bond donors (Lipinski definition) is 0. The third kappa shape index (κ3) is 4.66. The highest BCUT2D eigenvalue weighted by Gasteiger charge is 2.14. The SMILES string of the molecule is Cc1noc(-c2ccc(C(=O)N(C)Cc3ccc(OC(F)F)cc3)cc2)n1. The summed E-state index contributed by atoms with van der Waals surface area (Å²) >= 11 is 0. The van der Waals surface area contributed by atoms with Gasteiger partial charge in [0.1, 0.15) is 5.75 Å². The maximum atomic E-state index is 12.6. The number of rotatable bonds is 6. The number of aryl methyl sites for hydroxylation is 1. The second-order valence-corrected chi connectivity index (χ2v) is 5.91. The first kappa shape index (κ1) is 18.5. The summed E-state index contributed by atoms with van der Waals surface area (Å²) in [7, 11) is 1.67. The minimum absolute atomic E-state index is 0.0783. The molecule has 0 unspecified atom stereocenters. The van der Waals surface area contributed by atoms with Crippen LogP contribution in [0.4, 0.5) is 8.78 Å². The first-order valence-corrected chi connectivity index (χ1v) is 8.12. The van der Waals surface area contributed by atoms with Crippen molar-refractivity contribution in [3.05, 3.63) is 65.5 Å². The fourth-order valence-corrected chi connectivity index (χ4v) is 2.51. The van der Waals surface area contributed by atoms with Gasteiger partial charge in [0.2, 0.25) is 0 Å². The van der Waals surface area contributed by atoms with Gasteiger partial charge in [-0.05, 0) is 48.9 Å². The number of nitrogens with zero attached hydrogens (tertiary/aromatic N) is 3. The molecule has 0 aliphatic rings. The van der Waals surface area contributed by atoms with Crippen LogP contribution in [0, 0.1) is 6.92 Å². The lowest BCUT2D eigenvalue weighted by Crippen LogP contribution is -2.26. The molecule has 0 saturated carbocycles. The molecule has 3 rings (SSSR count). The van der Waals surface area contributed by atoms with E-state index >= 15 is 0 Å². The van der Waals surface area contributed by atoms with E-state index in [0.29, 0.717) is 23.8 Å². The first-order valence-electron chi connectivity index (χ1n) is 8.12. The van der Waals surface area contributed by atoms with Gasteiger partial charge < -0.3 is 14.2 Å². The number of carbonyl (C=O) groups excluding carboxylic acids is 1. The normalized spacial score (nSPS) is 10.9. The van der Waals surface area contributed by atoms with E-state index in [4.69, 9.17) is 4.52 Å². The smallest absolute Gasteiger partial charge is 0.387 e. The van der Waals surface area contributed by atoms with Crippen LogP contribution in [0.25, 0.3) is 11.5 Å². The van der Waals surface area contributed by atoms with Gasteiger partial charge in [0.05, 0.1) is 0 Å². The Morgan fingerprint density at radius 1 is 1.15 bits per heavy atom. The summed E-state index contributed by atoms with van der Waals surface area (Å²) in [5.74, 6) is 0.839. The molecule has 0 aliphatic carbocycles. The quantitative estimate of drug-likeness (QED) is 0.655. The van der Waals surface area contributed by atoms with Crippen molar-refractivity contribution in [2.75, 3.05) is 7.05 Å². The van der Waals surface area contributed by atoms with Crippen LogP contribution in [0.1, 0.15) is 21.7 Å². The van der Waals surface area contributed by atoms with E-state index in [0.717, 1.165) is 11.1 Å². The predicted molar refractivity (Wildman–Crippen MR) is 93.3 cm³/mol. The molecule has 6 nitrogen and oxygen atoms in total. The Hall–Kier alpha value is -3.29. The van der Waals surface area contributed by atoms with Crippen molar-refractivity contribution >= 4 is 5.91 Å². The van der Waals surface area contributed by atoms with Gasteiger partial charge in [-0.3, -0.25) is 4.79 Å². The van der Waals surface area contributed by atoms with Crippen LogP contribution in [0.15, 0.2) is 53.1 Å². The summed E-state index contributed by atoms with van der Waals surface area (Å²) in [6.45, 7) is -0.802. The predicted octanol–water partition coefficient (Wildman–Crippen LogP) is 3.92. The molecular weight excluding hydrogens is 356 g/mol. The molecule has 140 valence electrons. The minimum atomic E-state index is -2.86. The first-order chi connectivity index (χ1) is 12.9. The molecule has 0 atom stereocenters. The van der Waals surface area contributed by atoms with E-state index in [1.807, 2.05) is 0 Å². The van der Waals surface area contributed by atoms with E-state index in [1.54, 1.807) is 50.4 Å². The summed E-state index contributed by atoms with van der Waals surface area (Å²) in [4.78, 5) is 18.2. The zero-order valence-corrected chi connectivity index (χ0v) is 14.7. The molecular formula is C19H17F2N3O3. The van der Waals surface area contributed by atoms with E-state index in [9.17, 15) is 13.6 Å². The lowest BCUT2D eigenvalue weighted by Gasteiger charge is -2.17. The van der Waals surface area contributed by atoms with Gasteiger partial charge in [0.25, 0.3) is 11.8 Å². The van der Waals surface area contributed by atoms with Crippen molar-refractivity contribution in [2.24, 2.45) is 0 Å². The van der Waals surface area contributed by atoms with Crippen molar-refractivity contribution in [1.29, 1.82) is 0 Å². The molecule has 1 aromatic heterocycles. The largest absolute Gasteiger partial charge is 0.435 e. The molecule has 0 aliphatic heterocycles. The van der Waals surface area contributed by atoms with E-state index < -0.39 is 6.61 Å². The molecule has 3 aromatic rings. The maximum absolute atomic E-state index is 12.6. The lowest BCUT2D eigenvalue weighted by molar-refractivity contribution is -0.0498. The molecule has 8 heteroatoms. The average molecular weight is 373 g/mol. The van der Waals surface area contributed by atoms with Gasteiger partial charge in [-0.25, -0.2) is 0 Å². The Bertz CT molecular complexity index is 909. The van der Waals surface area contributed by atoms with Gasteiger partial charge in [-0.2, -0.15) is 13.8 Å². The van der Waals surface area contributed by atoms with Crippen molar-refractivity contribution in [3.8, 4) is 17.2 Å². The summed E-state index contributed by atoms with van der Waals surface area (Å²) in [6, 6.07) is 13.0. The van der Waals surface area contributed by atoms with Gasteiger partial charge in [0.15, 0.2) is 5.82 Å². The van der Waals surface area contributed by atoms with E-state index in [2.05, 4.69) is 14.9 Å². The average Bonchev–Trinajstić information content (AvgIpc) is 3.09. The number of hydrogen-bond acceptors (Lipinski definition) is 5. The molecule has 27 heavy (non-hydrogen) atoms. The van der Waals surface area contributed by atoms with Gasteiger partial charge in [0, 0.05) is 24.7 Å². The fourth-order valence-electron chi connectivity index (χ4n) is 2.51. The molecule has 2 aromatic carbocycles. The number of ether oxygens (including phenoxy) is 1. The molecule has 0 saturated heterocycles. The Morgan fingerprint density at radius 2 is 1.81 bits per heavy atom. The summed E-state index contributed by atoms with van der Waals surface area (Å²) in [6.07, 6.45) is 0. The van der Waals surface area contributed by atoms with Crippen LogP contribution in [0.5, 0.6) is 5.75 Å². The number of amides is 1. The van der Waals surface area contributed by atoms with E-state index in [1.165, 1.54) is 17.0 Å². The highest BCUT2D eigenvalue weighted by atomic mass is 19.3. The Kier molecular flexibility index (Phi) is 5.44. The van der Waals surface area contributed by atoms with Crippen molar-refractivity contribution in [3.63, 3.8) is 0 Å². The second-order valence-electron chi connectivity index (χ2n) is 5.91. The Morgan fingerprint density at radius 3 is 2.37 bits per heavy atom. The molecule has 0 spiro atoms. The molecule has 0 radical (unpaired) electrons. The number of alkyl halides is 2. The zero-order chi connectivity index (χ0) is 19.4. The van der Waals surface area contributed by atoms with Crippen molar-refractivity contribution in [1.82, 2.24) is 15.0 Å². The van der Waals surface area contributed by atoms with Crippen LogP contribution < -0.4 is 4.74 Å². The number of benzene rings is 2. The monoisotopic (exact) mass is 373 g/mol. The highest BCUT2D eigenvalue weighted by Crippen LogP contribution is 2.19. The standard InChI is InChI=1S/C19H17F2N3O3/c1-12-22-17(27-23-12)14-5-7-15(8-6-14)18(25)24(2)11-13-3-9-16(10-4-13)26-19(20)21/h3-10,19H,11H2,1-2H3. The summed E-state index contributed by atoms with van der Waals surface area (Å²) < 4.78 is 33.8. The fraction of sp³-hybridized carbons (Fsp3) is 0.211.